The van der Waals surface area contributed by atoms with E-state index in [-0.39, 0.29) is 23.4 Å². The first-order valence-electron chi connectivity index (χ1n) is 9.06. The number of aromatic amines is 1. The minimum absolute atomic E-state index is 0.0555. The summed E-state index contributed by atoms with van der Waals surface area (Å²) in [5, 5.41) is 0. The quantitative estimate of drug-likeness (QED) is 0.152. The van der Waals surface area contributed by atoms with E-state index >= 15 is 0 Å². The van der Waals surface area contributed by atoms with Crippen LogP contribution in [0.1, 0.15) is 18.5 Å². The van der Waals surface area contributed by atoms with Crippen molar-refractivity contribution in [1.82, 2.24) is 19.5 Å². The fourth-order valence-electron chi connectivity index (χ4n) is 3.07. The summed E-state index contributed by atoms with van der Waals surface area (Å²) in [6.45, 7) is 0.531. The molecule has 24 heteroatoms. The van der Waals surface area contributed by atoms with Gasteiger partial charge in [0.2, 0.25) is 0 Å². The summed E-state index contributed by atoms with van der Waals surface area (Å²) in [6.07, 6.45) is -3.15. The Hall–Kier alpha value is -1.01. The molecule has 4 atom stereocenters. The molecule has 20 nitrogen and oxygen atoms in total. The van der Waals surface area contributed by atoms with Crippen LogP contribution in [0.5, 0.6) is 0 Å². The van der Waals surface area contributed by atoms with Gasteiger partial charge >= 0.3 is 194 Å². The van der Waals surface area contributed by atoms with Crippen molar-refractivity contribution in [3.05, 3.63) is 22.5 Å². The van der Waals surface area contributed by atoms with Crippen molar-refractivity contribution in [3.63, 3.8) is 0 Å². The zero-order valence-electron chi connectivity index (χ0n) is 17.2. The second-order valence-electron chi connectivity index (χ2n) is 6.97. The molecule has 3 heterocycles. The molecule has 1 fully saturated rings. The third-order valence-electron chi connectivity index (χ3n) is 4.19. The molecule has 1 saturated heterocycles. The molecular weight excluding hydrogens is 568 g/mol. The zero-order chi connectivity index (χ0) is 26.4. The Morgan fingerprint density at radius 1 is 1.20 bits per heavy atom. The molecule has 1 unspecified atom stereocenters. The molecule has 0 aromatic carbocycles. The number of phosphoric ester groups is 1. The topological polar surface area (TPSA) is 303 Å². The van der Waals surface area contributed by atoms with Crippen molar-refractivity contribution >= 4 is 42.8 Å². The van der Waals surface area contributed by atoms with Crippen molar-refractivity contribution in [3.8, 4) is 0 Å². The fourth-order valence-corrected chi connectivity index (χ4v) is 6.95. The average Bonchev–Trinajstić information content (AvgIpc) is 3.19. The van der Waals surface area contributed by atoms with Crippen LogP contribution in [0.15, 0.2) is 11.1 Å². The van der Waals surface area contributed by atoms with Crippen molar-refractivity contribution in [2.45, 2.75) is 31.8 Å². The zero-order valence-corrected chi connectivity index (χ0v) is 20.9. The maximum atomic E-state index is 12.0. The first kappa shape index (κ1) is 28.6. The van der Waals surface area contributed by atoms with Crippen molar-refractivity contribution in [1.29, 1.82) is 0 Å². The molecule has 2 aromatic rings. The van der Waals surface area contributed by atoms with E-state index in [0.717, 1.165) is 6.33 Å². The number of nitrogens with one attached hydrogen (secondary N) is 1. The summed E-state index contributed by atoms with van der Waals surface area (Å²) >= 11 is 0. The van der Waals surface area contributed by atoms with Gasteiger partial charge in [-0.15, -0.1) is 0 Å². The van der Waals surface area contributed by atoms with Gasteiger partial charge in [0.15, 0.2) is 0 Å². The van der Waals surface area contributed by atoms with Crippen LogP contribution < -0.4 is 5.56 Å². The molecule has 0 amide bonds. The number of nitrogens with zero attached hydrogens (tertiary/aromatic N) is 3. The Morgan fingerprint density at radius 3 is 2.46 bits per heavy atom. The second kappa shape index (κ2) is 10.0. The number of phosphoric acid groups is 3. The van der Waals surface area contributed by atoms with Crippen LogP contribution >= 0.6 is 31.6 Å². The molecule has 0 spiro atoms. The number of imidazole rings is 1. The standard InChI is InChI=1S/C11H20N4O16P4/c1-5-13-10-9(11(16)14-5)12-4-15(10)8-2-6(29-32(17,18)19)7(28-8)3-27-34(23,24)31-35(25,26)30-33(20,21)22/h4,6-8,23-24,34H,2-3H2,1H3,(H,25,26)(H,13,14,16)(H2,17,18,19)(H2,20,21,22)/t6-,7-,8-/m1/s1. The summed E-state index contributed by atoms with van der Waals surface area (Å²) < 4.78 is 57.0. The predicted octanol–water partition coefficient (Wildman–Crippen LogP) is -1.17. The Balaban J connectivity index is 1.79. The predicted molar refractivity (Wildman–Crippen MR) is 111 cm³/mol. The number of H-pyrrole nitrogens is 1. The monoisotopic (exact) mass is 588 g/mol. The number of aromatic nitrogens is 4. The summed E-state index contributed by atoms with van der Waals surface area (Å²) in [5.74, 6) is 0.226. The third-order valence-corrected chi connectivity index (χ3v) is 8.83. The van der Waals surface area contributed by atoms with Gasteiger partial charge in [-0.05, 0) is 0 Å². The normalized spacial score (nSPS) is 24.1. The van der Waals surface area contributed by atoms with Gasteiger partial charge in [0.25, 0.3) is 0 Å². The molecule has 35 heavy (non-hydrogen) atoms. The SMILES string of the molecule is Cc1nc2c(ncn2[C@H]2C[C@@H](OP(=O)(O)O)[C@@H](CO[PH](O)(O)OP(=O)(O)OP(=O)(O)O)O2)c(=O)[nH]1. The van der Waals surface area contributed by atoms with E-state index in [1.165, 1.54) is 11.5 Å². The van der Waals surface area contributed by atoms with Gasteiger partial charge in [-0.25, -0.2) is 0 Å². The van der Waals surface area contributed by atoms with Crippen molar-refractivity contribution in [2.75, 3.05) is 6.61 Å². The first-order chi connectivity index (χ1) is 15.8. The molecule has 1 aliphatic rings. The van der Waals surface area contributed by atoms with Gasteiger partial charge in [-0.1, -0.05) is 0 Å². The van der Waals surface area contributed by atoms with E-state index in [4.69, 9.17) is 14.5 Å². The van der Waals surface area contributed by atoms with E-state index < -0.39 is 62.2 Å². The molecule has 0 saturated carbocycles. The molecule has 8 N–H and O–H groups in total. The van der Waals surface area contributed by atoms with Crippen LogP contribution in [-0.4, -0.2) is 72.6 Å². The van der Waals surface area contributed by atoms with E-state index in [9.17, 15) is 43.0 Å². The van der Waals surface area contributed by atoms with Crippen LogP contribution in [0.4, 0.5) is 0 Å². The molecule has 0 bridgehead atoms. The van der Waals surface area contributed by atoms with Crippen LogP contribution in [0.3, 0.4) is 0 Å². The van der Waals surface area contributed by atoms with Gasteiger partial charge < -0.3 is 0 Å². The number of aryl methyl sites for hydroxylation is 1. The Kier molecular flexibility index (Phi) is 8.19. The van der Waals surface area contributed by atoms with Crippen LogP contribution in [0, 0.1) is 6.92 Å². The van der Waals surface area contributed by atoms with E-state index in [1.807, 2.05) is 0 Å². The minimum atomic E-state index is -5.71. The Morgan fingerprint density at radius 2 is 1.86 bits per heavy atom. The van der Waals surface area contributed by atoms with Gasteiger partial charge in [0.1, 0.15) is 0 Å². The van der Waals surface area contributed by atoms with Crippen molar-refractivity contribution < 1.29 is 70.4 Å². The molecular formula is C11H20N4O16P4. The van der Waals surface area contributed by atoms with Crippen LogP contribution in [0.25, 0.3) is 11.2 Å². The maximum absolute atomic E-state index is 12.0. The van der Waals surface area contributed by atoms with E-state index in [0.29, 0.717) is 0 Å². The van der Waals surface area contributed by atoms with Crippen LogP contribution in [-0.2, 0) is 36.1 Å². The number of hydrogen-bond acceptors (Lipinski definition) is 13. The van der Waals surface area contributed by atoms with Gasteiger partial charge in [0, 0.05) is 0 Å². The summed E-state index contributed by atoms with van der Waals surface area (Å²) in [5.41, 5.74) is -0.577. The molecule has 0 aliphatic carbocycles. The number of rotatable bonds is 10. The van der Waals surface area contributed by atoms with Gasteiger partial charge in [-0.2, -0.15) is 0 Å². The van der Waals surface area contributed by atoms with Gasteiger partial charge in [0.05, 0.1) is 0 Å². The van der Waals surface area contributed by atoms with Crippen LogP contribution in [0.2, 0.25) is 0 Å². The number of hydrogen-bond donors (Lipinski definition) is 8. The average molecular weight is 588 g/mol. The fraction of sp³-hybridized carbons (Fsp3) is 0.545. The first-order valence-corrected chi connectivity index (χ1v) is 15.3. The summed E-state index contributed by atoms with van der Waals surface area (Å²) in [7, 11) is -22.0. The molecule has 3 rings (SSSR count). The van der Waals surface area contributed by atoms with E-state index in [1.54, 1.807) is 0 Å². The Labute approximate surface area is 194 Å². The summed E-state index contributed by atoms with van der Waals surface area (Å²) in [6, 6.07) is 0. The summed E-state index contributed by atoms with van der Waals surface area (Å²) in [4.78, 5) is 86.8. The molecule has 1 aliphatic heterocycles. The Bertz CT molecular complexity index is 1280. The molecule has 0 radical (unpaired) electrons. The van der Waals surface area contributed by atoms with Crippen molar-refractivity contribution in [2.24, 2.45) is 0 Å². The third kappa shape index (κ3) is 7.99. The molecule has 2 aromatic heterocycles. The number of ether oxygens (including phenoxy) is 1. The number of fused-ring (bicyclic) bond motifs is 1. The second-order valence-corrected chi connectivity index (χ2v) is 12.8. The van der Waals surface area contributed by atoms with Gasteiger partial charge in [-0.3, -0.25) is 0 Å². The molecule has 200 valence electrons. The van der Waals surface area contributed by atoms with E-state index in [2.05, 4.69) is 32.6 Å².